The highest BCUT2D eigenvalue weighted by atomic mass is 16.4. The molecule has 1 aliphatic heterocycles. The van der Waals surface area contributed by atoms with Crippen molar-refractivity contribution in [2.24, 2.45) is 11.1 Å². The second-order valence-electron chi connectivity index (χ2n) is 5.21. The molecular formula is C12H22N2O3. The first-order valence-corrected chi connectivity index (χ1v) is 6.11. The average molecular weight is 242 g/mol. The summed E-state index contributed by atoms with van der Waals surface area (Å²) in [6, 6.07) is 0. The van der Waals surface area contributed by atoms with Crippen molar-refractivity contribution in [3.63, 3.8) is 0 Å². The van der Waals surface area contributed by atoms with Crippen molar-refractivity contribution in [3.8, 4) is 0 Å². The highest BCUT2D eigenvalue weighted by Crippen LogP contribution is 2.32. The van der Waals surface area contributed by atoms with Crippen molar-refractivity contribution in [1.82, 2.24) is 4.90 Å². The Morgan fingerprint density at radius 2 is 1.94 bits per heavy atom. The molecule has 0 saturated carbocycles. The molecule has 17 heavy (non-hydrogen) atoms. The predicted molar refractivity (Wildman–Crippen MR) is 64.4 cm³/mol. The van der Waals surface area contributed by atoms with Crippen LogP contribution in [0.15, 0.2) is 0 Å². The average Bonchev–Trinajstić information content (AvgIpc) is 2.71. The predicted octanol–water partition coefficient (Wildman–Crippen LogP) is 0.827. The minimum Gasteiger partial charge on any atom is -0.481 e. The third-order valence-corrected chi connectivity index (χ3v) is 3.96. The van der Waals surface area contributed by atoms with Crippen molar-refractivity contribution in [1.29, 1.82) is 0 Å². The first-order valence-electron chi connectivity index (χ1n) is 6.11. The van der Waals surface area contributed by atoms with E-state index in [4.69, 9.17) is 10.8 Å². The Morgan fingerprint density at radius 1 is 1.41 bits per heavy atom. The van der Waals surface area contributed by atoms with Crippen molar-refractivity contribution in [3.05, 3.63) is 0 Å². The minimum absolute atomic E-state index is 0.118. The first-order chi connectivity index (χ1) is 7.79. The molecule has 1 heterocycles. The van der Waals surface area contributed by atoms with E-state index in [0.717, 1.165) is 0 Å². The van der Waals surface area contributed by atoms with Gasteiger partial charge in [0.2, 0.25) is 5.91 Å². The number of rotatable bonds is 4. The number of carbonyl (C=O) groups is 2. The number of hydrogen-bond donors (Lipinski definition) is 2. The van der Waals surface area contributed by atoms with Gasteiger partial charge in [0.15, 0.2) is 0 Å². The lowest BCUT2D eigenvalue weighted by Crippen LogP contribution is -2.54. The molecule has 0 aliphatic carbocycles. The molecule has 0 aromatic carbocycles. The van der Waals surface area contributed by atoms with E-state index in [9.17, 15) is 9.59 Å². The summed E-state index contributed by atoms with van der Waals surface area (Å²) >= 11 is 0. The number of aliphatic carboxylic acids is 1. The molecule has 3 N–H and O–H groups in total. The third-order valence-electron chi connectivity index (χ3n) is 3.96. The smallest absolute Gasteiger partial charge is 0.311 e. The van der Waals surface area contributed by atoms with E-state index in [-0.39, 0.29) is 12.5 Å². The number of amides is 1. The van der Waals surface area contributed by atoms with Crippen LogP contribution in [-0.4, -0.2) is 40.5 Å². The van der Waals surface area contributed by atoms with Crippen LogP contribution in [0.1, 0.15) is 40.0 Å². The van der Waals surface area contributed by atoms with Gasteiger partial charge in [-0.3, -0.25) is 9.59 Å². The van der Waals surface area contributed by atoms with Gasteiger partial charge in [-0.05, 0) is 26.2 Å². The first kappa shape index (κ1) is 14.0. The number of carbonyl (C=O) groups excluding carboxylic acids is 1. The molecule has 1 rings (SSSR count). The monoisotopic (exact) mass is 242 g/mol. The fourth-order valence-corrected chi connectivity index (χ4v) is 2.18. The zero-order chi connectivity index (χ0) is 13.3. The Balaban J connectivity index is 2.78. The van der Waals surface area contributed by atoms with Gasteiger partial charge in [-0.25, -0.2) is 0 Å². The molecule has 1 unspecified atom stereocenters. The second-order valence-corrected chi connectivity index (χ2v) is 5.21. The van der Waals surface area contributed by atoms with Gasteiger partial charge in [0.1, 0.15) is 0 Å². The summed E-state index contributed by atoms with van der Waals surface area (Å²) in [6.07, 6.45) is 1.64. The Hall–Kier alpha value is -1.10. The van der Waals surface area contributed by atoms with Crippen molar-refractivity contribution >= 4 is 11.9 Å². The van der Waals surface area contributed by atoms with E-state index in [2.05, 4.69) is 0 Å². The summed E-state index contributed by atoms with van der Waals surface area (Å²) in [4.78, 5) is 25.0. The van der Waals surface area contributed by atoms with Crippen LogP contribution >= 0.6 is 0 Å². The fraction of sp³-hybridized carbons (Fsp3) is 0.833. The van der Waals surface area contributed by atoms with Crippen molar-refractivity contribution in [2.75, 3.05) is 13.1 Å². The quantitative estimate of drug-likeness (QED) is 0.764. The SMILES string of the molecule is CCC(N)(CC)C(=O)N1CCC(C)(C(=O)O)C1. The fourth-order valence-electron chi connectivity index (χ4n) is 2.18. The number of likely N-dealkylation sites (tertiary alicyclic amines) is 1. The highest BCUT2D eigenvalue weighted by molar-refractivity contribution is 5.87. The Morgan fingerprint density at radius 3 is 2.29 bits per heavy atom. The lowest BCUT2D eigenvalue weighted by Gasteiger charge is -2.31. The molecule has 0 bridgehead atoms. The molecule has 1 amide bonds. The zero-order valence-corrected chi connectivity index (χ0v) is 10.8. The van der Waals surface area contributed by atoms with Gasteiger partial charge in [0.05, 0.1) is 11.0 Å². The van der Waals surface area contributed by atoms with Crippen LogP contribution in [0.4, 0.5) is 0 Å². The summed E-state index contributed by atoms with van der Waals surface area (Å²) in [7, 11) is 0. The molecule has 1 atom stereocenters. The summed E-state index contributed by atoms with van der Waals surface area (Å²) in [5, 5.41) is 9.12. The van der Waals surface area contributed by atoms with Gasteiger partial charge in [-0.1, -0.05) is 13.8 Å². The third kappa shape index (κ3) is 2.44. The van der Waals surface area contributed by atoms with Gasteiger partial charge in [0.25, 0.3) is 0 Å². The second kappa shape index (κ2) is 4.64. The molecule has 0 aromatic heterocycles. The molecule has 5 heteroatoms. The van der Waals surface area contributed by atoms with E-state index in [1.807, 2.05) is 13.8 Å². The maximum atomic E-state index is 12.2. The number of hydrogen-bond acceptors (Lipinski definition) is 3. The van der Waals surface area contributed by atoms with E-state index < -0.39 is 16.9 Å². The van der Waals surface area contributed by atoms with Crippen LogP contribution in [0.2, 0.25) is 0 Å². The normalized spacial score (nSPS) is 25.1. The van der Waals surface area contributed by atoms with E-state index >= 15 is 0 Å². The summed E-state index contributed by atoms with van der Waals surface area (Å²) in [5.41, 5.74) is 4.38. The number of nitrogens with zero attached hydrogens (tertiary/aromatic N) is 1. The summed E-state index contributed by atoms with van der Waals surface area (Å²) < 4.78 is 0. The number of carboxylic acids is 1. The van der Waals surface area contributed by atoms with Crippen LogP contribution in [-0.2, 0) is 9.59 Å². The lowest BCUT2D eigenvalue weighted by atomic mass is 9.89. The molecule has 0 aromatic rings. The van der Waals surface area contributed by atoms with Crippen LogP contribution in [0.25, 0.3) is 0 Å². The van der Waals surface area contributed by atoms with Crippen LogP contribution in [0, 0.1) is 5.41 Å². The van der Waals surface area contributed by atoms with E-state index in [0.29, 0.717) is 25.8 Å². The van der Waals surface area contributed by atoms with Crippen molar-refractivity contribution < 1.29 is 14.7 Å². The minimum atomic E-state index is -0.844. The van der Waals surface area contributed by atoms with Crippen LogP contribution < -0.4 is 5.73 Å². The maximum Gasteiger partial charge on any atom is 0.311 e. The molecule has 5 nitrogen and oxygen atoms in total. The maximum absolute atomic E-state index is 12.2. The van der Waals surface area contributed by atoms with Gasteiger partial charge in [-0.2, -0.15) is 0 Å². The standard InChI is InChI=1S/C12H22N2O3/c1-4-12(13,5-2)9(15)14-7-6-11(3,8-14)10(16)17/h4-8,13H2,1-3H3,(H,16,17). The van der Waals surface area contributed by atoms with Gasteiger partial charge in [-0.15, -0.1) is 0 Å². The van der Waals surface area contributed by atoms with Gasteiger partial charge < -0.3 is 15.7 Å². The summed E-state index contributed by atoms with van der Waals surface area (Å²) in [6.45, 7) is 6.20. The molecule has 0 spiro atoms. The largest absolute Gasteiger partial charge is 0.481 e. The summed E-state index contributed by atoms with van der Waals surface area (Å²) in [5.74, 6) is -0.962. The molecular weight excluding hydrogens is 220 g/mol. The molecule has 1 aliphatic rings. The van der Waals surface area contributed by atoms with Gasteiger partial charge >= 0.3 is 5.97 Å². The zero-order valence-electron chi connectivity index (χ0n) is 10.8. The lowest BCUT2D eigenvalue weighted by molar-refractivity contribution is -0.147. The highest BCUT2D eigenvalue weighted by Gasteiger charge is 2.45. The van der Waals surface area contributed by atoms with Gasteiger partial charge in [0, 0.05) is 13.1 Å². The molecule has 98 valence electrons. The number of nitrogens with two attached hydrogens (primary N) is 1. The van der Waals surface area contributed by atoms with E-state index in [1.165, 1.54) is 0 Å². The van der Waals surface area contributed by atoms with E-state index in [1.54, 1.807) is 11.8 Å². The molecule has 0 radical (unpaired) electrons. The Labute approximate surface area is 102 Å². The molecule has 1 saturated heterocycles. The molecule has 1 fully saturated rings. The number of carboxylic acid groups (broad SMARTS) is 1. The Kier molecular flexibility index (Phi) is 3.81. The van der Waals surface area contributed by atoms with Crippen molar-refractivity contribution in [2.45, 2.75) is 45.6 Å². The van der Waals surface area contributed by atoms with Crippen LogP contribution in [0.5, 0.6) is 0 Å². The topological polar surface area (TPSA) is 83.6 Å². The Bertz CT molecular complexity index is 326. The van der Waals surface area contributed by atoms with Crippen LogP contribution in [0.3, 0.4) is 0 Å².